The van der Waals surface area contributed by atoms with E-state index in [2.05, 4.69) is 186 Å². The first-order valence-corrected chi connectivity index (χ1v) is 40.3. The van der Waals surface area contributed by atoms with E-state index < -0.39 is 0 Å². The van der Waals surface area contributed by atoms with Gasteiger partial charge in [-0.15, -0.1) is 0 Å². The zero-order valence-electron chi connectivity index (χ0n) is 61.2. The molecule has 12 aliphatic heterocycles. The molecule has 8 nitrogen and oxygen atoms in total. The van der Waals surface area contributed by atoms with Crippen molar-refractivity contribution in [2.75, 3.05) is 108 Å². The molecule has 0 saturated carbocycles. The summed E-state index contributed by atoms with van der Waals surface area (Å²) in [4.78, 5) is 19.5. The lowest BCUT2D eigenvalue weighted by Crippen LogP contribution is -2.34. The molecule has 0 saturated heterocycles. The Kier molecular flexibility index (Phi) is 18.7. The van der Waals surface area contributed by atoms with E-state index in [1.165, 1.54) is 285 Å². The molecule has 0 N–H and O–H groups in total. The molecular formula is C96H100N8. The summed E-state index contributed by atoms with van der Waals surface area (Å²) in [6.45, 7) is 22.5. The molecule has 12 heterocycles. The van der Waals surface area contributed by atoms with E-state index in [4.69, 9.17) is 6.57 Å². The van der Waals surface area contributed by atoms with Gasteiger partial charge in [0, 0.05) is 113 Å². The fraction of sp³-hybridized carbons (Fsp3) is 0.375. The molecule has 0 bridgehead atoms. The van der Waals surface area contributed by atoms with Crippen LogP contribution >= 0.6 is 0 Å². The largest absolute Gasteiger partial charge is 0.371 e. The molecule has 0 atom stereocenters. The zero-order valence-corrected chi connectivity index (χ0v) is 61.2. The Morgan fingerprint density at radius 3 is 0.644 bits per heavy atom. The summed E-state index contributed by atoms with van der Waals surface area (Å²) in [6.07, 6.45) is 51.8. The van der Waals surface area contributed by atoms with E-state index in [1.54, 1.807) is 67.3 Å². The van der Waals surface area contributed by atoms with Crippen LogP contribution in [0.2, 0.25) is 0 Å². The average Bonchev–Trinajstić information content (AvgIpc) is 0.987. The summed E-state index contributed by atoms with van der Waals surface area (Å²) in [5, 5.41) is 10.0. The molecule has 8 aromatic carbocycles. The molecule has 0 spiro atoms. The van der Waals surface area contributed by atoms with Crippen molar-refractivity contribution < 1.29 is 0 Å². The number of nitrogens with zero attached hydrogens (tertiary/aromatic N) is 8. The van der Waals surface area contributed by atoms with Crippen molar-refractivity contribution in [1.29, 1.82) is 5.26 Å². The number of rotatable bonds is 10. The third-order valence-corrected chi connectivity index (χ3v) is 24.8. The van der Waals surface area contributed by atoms with Crippen molar-refractivity contribution in [3.05, 3.63) is 249 Å². The molecule has 524 valence electrons. The quantitative estimate of drug-likeness (QED) is 0.0999. The summed E-state index contributed by atoms with van der Waals surface area (Å²) in [6, 6.07) is 43.9. The van der Waals surface area contributed by atoms with Gasteiger partial charge in [0.05, 0.1) is 18.2 Å². The van der Waals surface area contributed by atoms with Crippen LogP contribution in [0.25, 0.3) is 65.6 Å². The zero-order chi connectivity index (χ0) is 69.5. The Morgan fingerprint density at radius 2 is 0.442 bits per heavy atom. The van der Waals surface area contributed by atoms with Crippen LogP contribution in [0.5, 0.6) is 0 Å². The van der Waals surface area contributed by atoms with Crippen LogP contribution in [0.15, 0.2) is 109 Å². The maximum Gasteiger partial charge on any atom is 0.194 e. The van der Waals surface area contributed by atoms with E-state index in [1.807, 2.05) is 24.3 Å². The van der Waals surface area contributed by atoms with Crippen molar-refractivity contribution in [3.63, 3.8) is 0 Å². The van der Waals surface area contributed by atoms with E-state index in [9.17, 15) is 5.26 Å². The van der Waals surface area contributed by atoms with Crippen LogP contribution in [0.4, 0.5) is 39.8 Å². The lowest BCUT2D eigenvalue weighted by atomic mass is 9.89. The highest BCUT2D eigenvalue weighted by Crippen LogP contribution is 2.44. The second kappa shape index (κ2) is 29.4. The van der Waals surface area contributed by atoms with Crippen LogP contribution in [0, 0.1) is 17.9 Å². The molecule has 8 aromatic rings. The molecule has 0 amide bonds. The standard InChI is InChI=1S/C36H34N4.C34H36N2.C26H30N2/c1-38-34-23-27(12-10-25-18-29-6-2-14-39-15-3-7-30(19-25)35(29)39)33(24-37)22-28(34)13-11-26-20-31-8-4-16-40-17-5-9-32(21-26)36(31)40;1-5-29-21-27(22-30-6-2-18-35(17-1)33(29)30)15-13-25-9-11-26(12-10-25)14-16-28-23-31-7-3-19-36-20-4-8-32(24-28)34(31)36;1-5-21-15-19(16-22-6-2-12-27(11-1)25(21)22)9-10-20-17-23-7-3-13-28-14-4-8-24(18-20)26(23)28/h10-13,18-23H,2-9,14-17H2;9-16,21-24H,1-8,17-20H2;9-10,15-18H,1-8,11-14H2/b12-10+,13-11+;15-13+,16-14+;10-9+. The predicted molar refractivity (Wildman–Crippen MR) is 440 cm³/mol. The minimum absolute atomic E-state index is 0.580. The SMILES string of the molecule is C(=C\c1cc2c3c(c1)CCCN3CCC2)/c1cc2c3c(c1)CCCN3CCC2.C(=C\c1cc2c3c(c1)CCCN3CCC2)/c1ccc(/C=C/c2cc3c4c(c2)CCCN4CCC3)cc1.[C-]#[N+]c1cc(/C=C/c2cc3c4c(c2)CCCN4CCC3)c(C#N)cc1/C=C/c1cc2c3c(c1)CCCN3CCC2. The Balaban J connectivity index is 0.000000113. The van der Waals surface area contributed by atoms with Crippen LogP contribution in [-0.2, 0) is 77.0 Å². The van der Waals surface area contributed by atoms with E-state index >= 15 is 0 Å². The van der Waals surface area contributed by atoms with E-state index in [0.29, 0.717) is 11.3 Å². The summed E-state index contributed by atoms with van der Waals surface area (Å²) in [7, 11) is 0. The van der Waals surface area contributed by atoms with Crippen molar-refractivity contribution in [3.8, 4) is 6.07 Å². The van der Waals surface area contributed by atoms with Gasteiger partial charge in [-0.25, -0.2) is 4.85 Å². The van der Waals surface area contributed by atoms with Gasteiger partial charge in [-0.05, 0) is 361 Å². The second-order valence-corrected chi connectivity index (χ2v) is 31.8. The fourth-order valence-electron chi connectivity index (χ4n) is 20.3. The van der Waals surface area contributed by atoms with Gasteiger partial charge < -0.3 is 29.4 Å². The first kappa shape index (κ1) is 66.2. The lowest BCUT2D eigenvalue weighted by Gasteiger charge is -2.37. The third-order valence-electron chi connectivity index (χ3n) is 24.8. The molecule has 12 aliphatic rings. The fourth-order valence-corrected chi connectivity index (χ4v) is 20.3. The van der Waals surface area contributed by atoms with Gasteiger partial charge in [-0.2, -0.15) is 5.26 Å². The summed E-state index contributed by atoms with van der Waals surface area (Å²) < 4.78 is 0. The topological polar surface area (TPSA) is 47.6 Å². The number of aryl methyl sites for hydroxylation is 12. The summed E-state index contributed by atoms with van der Waals surface area (Å²) >= 11 is 0. The van der Waals surface area contributed by atoms with Gasteiger partial charge in [-0.1, -0.05) is 85.0 Å². The highest BCUT2D eigenvalue weighted by atomic mass is 15.2. The van der Waals surface area contributed by atoms with Crippen molar-refractivity contribution in [2.45, 2.75) is 154 Å². The Labute approximate surface area is 618 Å². The Bertz CT molecular complexity index is 4410. The molecule has 0 unspecified atom stereocenters. The average molecular weight is 1370 g/mol. The maximum absolute atomic E-state index is 10.0. The van der Waals surface area contributed by atoms with Crippen LogP contribution < -0.4 is 29.4 Å². The van der Waals surface area contributed by atoms with Gasteiger partial charge in [0.1, 0.15) is 0 Å². The molecule has 8 heteroatoms. The van der Waals surface area contributed by atoms with Gasteiger partial charge in [0.15, 0.2) is 5.69 Å². The Hall–Kier alpha value is -9.76. The maximum atomic E-state index is 10.0. The van der Waals surface area contributed by atoms with Gasteiger partial charge in [0.2, 0.25) is 0 Å². The van der Waals surface area contributed by atoms with E-state index in [0.717, 1.165) is 36.8 Å². The number of benzene rings is 8. The first-order valence-electron chi connectivity index (χ1n) is 40.3. The highest BCUT2D eigenvalue weighted by molar-refractivity contribution is 5.85. The van der Waals surface area contributed by atoms with Crippen LogP contribution in [0.3, 0.4) is 0 Å². The molecule has 0 radical (unpaired) electrons. The number of hydrogen-bond acceptors (Lipinski definition) is 7. The number of hydrogen-bond donors (Lipinski definition) is 0. The highest BCUT2D eigenvalue weighted by Gasteiger charge is 2.30. The molecule has 0 aliphatic carbocycles. The van der Waals surface area contributed by atoms with Crippen LogP contribution in [0.1, 0.15) is 205 Å². The van der Waals surface area contributed by atoms with Gasteiger partial charge in [-0.3, -0.25) is 0 Å². The van der Waals surface area contributed by atoms with Crippen LogP contribution in [-0.4, -0.2) is 78.5 Å². The van der Waals surface area contributed by atoms with Gasteiger partial charge in [0.25, 0.3) is 0 Å². The minimum atomic E-state index is 0.580. The second-order valence-electron chi connectivity index (χ2n) is 31.8. The molecule has 0 fully saturated rings. The van der Waals surface area contributed by atoms with E-state index in [-0.39, 0.29) is 0 Å². The van der Waals surface area contributed by atoms with Crippen molar-refractivity contribution >= 4 is 101 Å². The number of anilines is 6. The Morgan fingerprint density at radius 1 is 0.250 bits per heavy atom. The lowest BCUT2D eigenvalue weighted by molar-refractivity contribution is 0.634. The molecule has 104 heavy (non-hydrogen) atoms. The monoisotopic (exact) mass is 1360 g/mol. The number of nitriles is 1. The minimum Gasteiger partial charge on any atom is -0.371 e. The molecule has 0 aromatic heterocycles. The third kappa shape index (κ3) is 13.6. The van der Waals surface area contributed by atoms with Crippen molar-refractivity contribution in [2.24, 2.45) is 0 Å². The summed E-state index contributed by atoms with van der Waals surface area (Å²) in [5.74, 6) is 0. The predicted octanol–water partition coefficient (Wildman–Crippen LogP) is 20.5. The first-order chi connectivity index (χ1) is 51.3. The molecular weight excluding hydrogens is 1270 g/mol. The smallest absolute Gasteiger partial charge is 0.194 e. The normalized spacial score (nSPS) is 18.6. The molecule has 20 rings (SSSR count). The van der Waals surface area contributed by atoms with Gasteiger partial charge >= 0.3 is 0 Å². The van der Waals surface area contributed by atoms with Crippen molar-refractivity contribution in [1.82, 2.24) is 0 Å². The summed E-state index contributed by atoms with van der Waals surface area (Å²) in [5.41, 5.74) is 40.8.